The smallest absolute Gasteiger partial charge is 0.319 e. The van der Waals surface area contributed by atoms with Crippen molar-refractivity contribution >= 4 is 11.7 Å². The second kappa shape index (κ2) is 7.76. The third-order valence-electron chi connectivity index (χ3n) is 3.85. The number of ether oxygens (including phenoxy) is 4. The van der Waals surface area contributed by atoms with Crippen molar-refractivity contribution in [2.24, 2.45) is 0 Å². The molecule has 2 N–H and O–H groups in total. The number of anilines is 1. The third kappa shape index (κ3) is 3.95. The number of urea groups is 1. The highest BCUT2D eigenvalue weighted by atomic mass is 16.7. The Morgan fingerprint density at radius 2 is 1.96 bits per heavy atom. The quantitative estimate of drug-likeness (QED) is 0.842. The van der Waals surface area contributed by atoms with E-state index in [0.717, 1.165) is 5.56 Å². The van der Waals surface area contributed by atoms with Gasteiger partial charge in [-0.2, -0.15) is 0 Å². The minimum absolute atomic E-state index is 0.194. The molecule has 0 saturated heterocycles. The largest absolute Gasteiger partial charge is 0.496 e. The number of fused-ring (bicyclic) bond motifs is 1. The summed E-state index contributed by atoms with van der Waals surface area (Å²) in [6, 6.07) is 12.4. The van der Waals surface area contributed by atoms with Gasteiger partial charge in [0.05, 0.1) is 7.11 Å². The van der Waals surface area contributed by atoms with Crippen molar-refractivity contribution in [3.8, 4) is 17.2 Å². The monoisotopic (exact) mass is 344 g/mol. The van der Waals surface area contributed by atoms with Crippen LogP contribution in [0.5, 0.6) is 17.2 Å². The average Bonchev–Trinajstić information content (AvgIpc) is 3.10. The van der Waals surface area contributed by atoms with E-state index in [2.05, 4.69) is 10.6 Å². The number of hydrogen-bond acceptors (Lipinski definition) is 5. The van der Waals surface area contributed by atoms with Gasteiger partial charge in [-0.3, -0.25) is 0 Å². The van der Waals surface area contributed by atoms with Crippen LogP contribution >= 0.6 is 0 Å². The second-order valence-electron chi connectivity index (χ2n) is 5.37. The molecule has 132 valence electrons. The van der Waals surface area contributed by atoms with Crippen LogP contribution in [0.25, 0.3) is 0 Å². The highest BCUT2D eigenvalue weighted by Gasteiger charge is 2.17. The van der Waals surface area contributed by atoms with Crippen molar-refractivity contribution in [3.63, 3.8) is 0 Å². The van der Waals surface area contributed by atoms with E-state index in [-0.39, 0.29) is 18.9 Å². The highest BCUT2D eigenvalue weighted by molar-refractivity contribution is 5.89. The minimum atomic E-state index is -0.337. The van der Waals surface area contributed by atoms with Crippen molar-refractivity contribution in [3.05, 3.63) is 48.0 Å². The van der Waals surface area contributed by atoms with Crippen LogP contribution in [0.3, 0.4) is 0 Å². The summed E-state index contributed by atoms with van der Waals surface area (Å²) in [6.45, 7) is 0.493. The van der Waals surface area contributed by atoms with E-state index < -0.39 is 0 Å². The number of hydrogen-bond donors (Lipinski definition) is 2. The highest BCUT2D eigenvalue weighted by Crippen LogP contribution is 2.34. The Morgan fingerprint density at radius 1 is 1.16 bits per heavy atom. The fraction of sp³-hybridized carbons (Fsp3) is 0.278. The lowest BCUT2D eigenvalue weighted by Gasteiger charge is -2.19. The van der Waals surface area contributed by atoms with Crippen LogP contribution in [0.2, 0.25) is 0 Å². The maximum Gasteiger partial charge on any atom is 0.319 e. The zero-order valence-corrected chi connectivity index (χ0v) is 14.1. The lowest BCUT2D eigenvalue weighted by atomic mass is 10.1. The van der Waals surface area contributed by atoms with E-state index >= 15 is 0 Å². The van der Waals surface area contributed by atoms with E-state index in [9.17, 15) is 4.79 Å². The maximum atomic E-state index is 12.1. The molecule has 7 heteroatoms. The van der Waals surface area contributed by atoms with E-state index in [1.807, 2.05) is 24.3 Å². The normalized spacial score (nSPS) is 13.2. The molecule has 0 saturated carbocycles. The van der Waals surface area contributed by atoms with Crippen molar-refractivity contribution in [2.75, 3.05) is 32.9 Å². The van der Waals surface area contributed by atoms with Gasteiger partial charge >= 0.3 is 6.03 Å². The van der Waals surface area contributed by atoms with Crippen molar-refractivity contribution < 1.29 is 23.7 Å². The molecule has 1 aliphatic rings. The van der Waals surface area contributed by atoms with Crippen LogP contribution in [-0.4, -0.2) is 33.6 Å². The van der Waals surface area contributed by atoms with Gasteiger partial charge in [0.15, 0.2) is 11.5 Å². The van der Waals surface area contributed by atoms with E-state index in [0.29, 0.717) is 29.5 Å². The molecule has 0 radical (unpaired) electrons. The van der Waals surface area contributed by atoms with Gasteiger partial charge < -0.3 is 29.6 Å². The summed E-state index contributed by atoms with van der Waals surface area (Å²) in [7, 11) is 3.19. The minimum Gasteiger partial charge on any atom is -0.496 e. The van der Waals surface area contributed by atoms with Gasteiger partial charge in [-0.05, 0) is 18.2 Å². The van der Waals surface area contributed by atoms with Crippen LogP contribution in [0, 0.1) is 0 Å². The Kier molecular flexibility index (Phi) is 5.25. The standard InChI is InChI=1S/C18H20N2O5/c1-22-14-6-4-3-5-13(14)17(23-2)10-19-18(21)20-12-7-8-15-16(9-12)25-11-24-15/h3-9,17H,10-11H2,1-2H3,(H2,19,20,21). The zero-order chi connectivity index (χ0) is 17.6. The van der Waals surface area contributed by atoms with Gasteiger partial charge in [0.2, 0.25) is 6.79 Å². The number of nitrogens with one attached hydrogen (secondary N) is 2. The first kappa shape index (κ1) is 16.9. The number of para-hydroxylation sites is 1. The number of carbonyl (C=O) groups excluding carboxylic acids is 1. The molecular formula is C18H20N2O5. The molecule has 2 amide bonds. The molecule has 0 fully saturated rings. The first-order valence-electron chi connectivity index (χ1n) is 7.81. The Balaban J connectivity index is 1.59. The Morgan fingerprint density at radius 3 is 2.76 bits per heavy atom. The van der Waals surface area contributed by atoms with Crippen LogP contribution < -0.4 is 24.8 Å². The summed E-state index contributed by atoms with van der Waals surface area (Å²) in [4.78, 5) is 12.1. The van der Waals surface area contributed by atoms with Crippen LogP contribution in [-0.2, 0) is 4.74 Å². The van der Waals surface area contributed by atoms with Gasteiger partial charge in [0.25, 0.3) is 0 Å². The fourth-order valence-electron chi connectivity index (χ4n) is 2.59. The summed E-state index contributed by atoms with van der Waals surface area (Å²) in [5.74, 6) is 2.00. The fourth-order valence-corrected chi connectivity index (χ4v) is 2.59. The lowest BCUT2D eigenvalue weighted by molar-refractivity contribution is 0.102. The van der Waals surface area contributed by atoms with Gasteiger partial charge in [0, 0.05) is 31.0 Å². The molecular weight excluding hydrogens is 324 g/mol. The van der Waals surface area contributed by atoms with Crippen molar-refractivity contribution in [1.29, 1.82) is 0 Å². The molecule has 0 spiro atoms. The SMILES string of the molecule is COc1ccccc1C(CNC(=O)Nc1ccc2c(c1)OCO2)OC. The Labute approximate surface area is 145 Å². The van der Waals surface area contributed by atoms with Gasteiger partial charge in [-0.1, -0.05) is 18.2 Å². The molecule has 0 aliphatic carbocycles. The van der Waals surface area contributed by atoms with E-state index in [4.69, 9.17) is 18.9 Å². The summed E-state index contributed by atoms with van der Waals surface area (Å²) in [5, 5.41) is 5.56. The number of carbonyl (C=O) groups is 1. The molecule has 25 heavy (non-hydrogen) atoms. The maximum absolute atomic E-state index is 12.1. The Hall–Kier alpha value is -2.93. The summed E-state index contributed by atoms with van der Waals surface area (Å²) in [6.07, 6.45) is -0.321. The molecule has 1 atom stereocenters. The molecule has 1 heterocycles. The van der Waals surface area contributed by atoms with Crippen LogP contribution in [0.15, 0.2) is 42.5 Å². The van der Waals surface area contributed by atoms with Crippen molar-refractivity contribution in [1.82, 2.24) is 5.32 Å². The Bertz CT molecular complexity index is 750. The van der Waals surface area contributed by atoms with Crippen LogP contribution in [0.4, 0.5) is 10.5 Å². The number of methoxy groups -OCH3 is 2. The molecule has 1 unspecified atom stereocenters. The van der Waals surface area contributed by atoms with Gasteiger partial charge in [0.1, 0.15) is 11.9 Å². The summed E-state index contributed by atoms with van der Waals surface area (Å²) >= 11 is 0. The summed E-state index contributed by atoms with van der Waals surface area (Å²) < 4.78 is 21.4. The van der Waals surface area contributed by atoms with Gasteiger partial charge in [-0.15, -0.1) is 0 Å². The van der Waals surface area contributed by atoms with E-state index in [1.165, 1.54) is 0 Å². The van der Waals surface area contributed by atoms with Gasteiger partial charge in [-0.25, -0.2) is 4.79 Å². The molecule has 0 aromatic heterocycles. The van der Waals surface area contributed by atoms with E-state index in [1.54, 1.807) is 32.4 Å². The summed E-state index contributed by atoms with van der Waals surface area (Å²) in [5.41, 5.74) is 1.49. The number of rotatable bonds is 6. The first-order valence-corrected chi connectivity index (χ1v) is 7.81. The third-order valence-corrected chi connectivity index (χ3v) is 3.85. The second-order valence-corrected chi connectivity index (χ2v) is 5.37. The predicted octanol–water partition coefficient (Wildman–Crippen LogP) is 2.93. The molecule has 0 bridgehead atoms. The molecule has 7 nitrogen and oxygen atoms in total. The molecule has 2 aromatic carbocycles. The molecule has 1 aliphatic heterocycles. The molecule has 3 rings (SSSR count). The molecule has 2 aromatic rings. The lowest BCUT2D eigenvalue weighted by Crippen LogP contribution is -2.33. The predicted molar refractivity (Wildman–Crippen MR) is 92.3 cm³/mol. The topological polar surface area (TPSA) is 78.1 Å². The number of benzene rings is 2. The van der Waals surface area contributed by atoms with Crippen molar-refractivity contribution in [2.45, 2.75) is 6.10 Å². The number of amides is 2. The zero-order valence-electron chi connectivity index (χ0n) is 14.1. The first-order chi connectivity index (χ1) is 12.2. The van der Waals surface area contributed by atoms with Crippen LogP contribution in [0.1, 0.15) is 11.7 Å². The average molecular weight is 344 g/mol.